The maximum absolute atomic E-state index is 13.3. The van der Waals surface area contributed by atoms with Gasteiger partial charge in [-0.3, -0.25) is 4.79 Å². The Balaban J connectivity index is 1.62. The van der Waals surface area contributed by atoms with Crippen LogP contribution in [-0.2, 0) is 13.0 Å². The first-order chi connectivity index (χ1) is 17.4. The molecule has 1 heterocycles. The molecule has 4 rings (SSSR count). The van der Waals surface area contributed by atoms with Crippen LogP contribution in [0.5, 0.6) is 11.5 Å². The van der Waals surface area contributed by atoms with E-state index in [-0.39, 0.29) is 18.1 Å². The molecule has 36 heavy (non-hydrogen) atoms. The molecule has 0 saturated carbocycles. The summed E-state index contributed by atoms with van der Waals surface area (Å²) < 4.78 is 10.7. The smallest absolute Gasteiger partial charge is 0.322 e. The monoisotopic (exact) mass is 505 g/mol. The molecule has 0 saturated heterocycles. The zero-order valence-electron chi connectivity index (χ0n) is 20.4. The topological polar surface area (TPSA) is 83.7 Å². The predicted molar refractivity (Wildman–Crippen MR) is 143 cm³/mol. The number of hydrogen-bond donors (Lipinski definition) is 2. The third-order valence-corrected chi connectivity index (χ3v) is 6.38. The van der Waals surface area contributed by atoms with E-state index in [4.69, 9.17) is 21.1 Å². The first kappa shape index (κ1) is 25.1. The normalized spacial score (nSPS) is 10.8. The van der Waals surface area contributed by atoms with E-state index in [0.29, 0.717) is 40.7 Å². The van der Waals surface area contributed by atoms with Gasteiger partial charge in [0.15, 0.2) is 11.5 Å². The molecule has 0 atom stereocenters. The molecule has 0 fully saturated rings. The van der Waals surface area contributed by atoms with Crippen LogP contribution in [0.25, 0.3) is 10.9 Å². The van der Waals surface area contributed by atoms with Gasteiger partial charge >= 0.3 is 6.03 Å². The summed E-state index contributed by atoms with van der Waals surface area (Å²) in [6.07, 6.45) is 0.543. The maximum Gasteiger partial charge on any atom is 0.322 e. The summed E-state index contributed by atoms with van der Waals surface area (Å²) in [5, 5.41) is 4.22. The molecule has 0 aliphatic heterocycles. The molecule has 0 spiro atoms. The number of nitrogens with one attached hydrogen (secondary N) is 2. The first-order valence-electron chi connectivity index (χ1n) is 11.5. The second-order valence-electron chi connectivity index (χ2n) is 8.43. The van der Waals surface area contributed by atoms with Gasteiger partial charge in [0.05, 0.1) is 37.0 Å². The Hall–Kier alpha value is -3.97. The quantitative estimate of drug-likeness (QED) is 0.318. The molecule has 4 aromatic rings. The fourth-order valence-electron chi connectivity index (χ4n) is 4.06. The average molecular weight is 506 g/mol. The van der Waals surface area contributed by atoms with E-state index in [9.17, 15) is 9.59 Å². The largest absolute Gasteiger partial charge is 0.493 e. The van der Waals surface area contributed by atoms with Crippen LogP contribution in [0.1, 0.15) is 16.7 Å². The van der Waals surface area contributed by atoms with Crippen molar-refractivity contribution in [2.45, 2.75) is 19.9 Å². The van der Waals surface area contributed by atoms with Crippen molar-refractivity contribution in [3.05, 3.63) is 98.8 Å². The van der Waals surface area contributed by atoms with Gasteiger partial charge in [-0.05, 0) is 60.2 Å². The van der Waals surface area contributed by atoms with Gasteiger partial charge in [-0.1, -0.05) is 48.0 Å². The molecule has 2 amide bonds. The number of aryl methyl sites for hydroxylation is 1. The standard InChI is InChI=1S/C28H28ClN3O4/c1-18-7-6-8-20-16-21(27(33)31-26(18)20)17-32(28(34)30-23-10-5-4-9-22(23)29)14-13-19-11-12-24(35-2)25(15-19)36-3/h4-12,15-16H,13-14,17H2,1-3H3,(H,30,34)(H,31,33). The van der Waals surface area contributed by atoms with Gasteiger partial charge in [-0.25, -0.2) is 4.79 Å². The number of anilines is 1. The third-order valence-electron chi connectivity index (χ3n) is 6.05. The number of amides is 2. The molecule has 0 aliphatic carbocycles. The van der Waals surface area contributed by atoms with E-state index in [1.807, 2.05) is 49.4 Å². The Kier molecular flexibility index (Phi) is 7.80. The fraction of sp³-hybridized carbons (Fsp3) is 0.214. The number of pyridine rings is 1. The van der Waals surface area contributed by atoms with E-state index >= 15 is 0 Å². The summed E-state index contributed by atoms with van der Waals surface area (Å²) in [6.45, 7) is 2.43. The zero-order chi connectivity index (χ0) is 25.7. The highest BCUT2D eigenvalue weighted by Crippen LogP contribution is 2.28. The summed E-state index contributed by atoms with van der Waals surface area (Å²) in [4.78, 5) is 30.8. The Morgan fingerprint density at radius 1 is 1.00 bits per heavy atom. The Morgan fingerprint density at radius 2 is 1.78 bits per heavy atom. The molecule has 0 unspecified atom stereocenters. The highest BCUT2D eigenvalue weighted by molar-refractivity contribution is 6.33. The number of aromatic nitrogens is 1. The number of carbonyl (C=O) groups excluding carboxylic acids is 1. The van der Waals surface area contributed by atoms with E-state index in [1.54, 1.807) is 43.4 Å². The van der Waals surface area contributed by atoms with Crippen LogP contribution < -0.4 is 20.3 Å². The Morgan fingerprint density at radius 3 is 2.53 bits per heavy atom. The van der Waals surface area contributed by atoms with E-state index < -0.39 is 0 Å². The molecular formula is C28H28ClN3O4. The molecule has 1 aromatic heterocycles. The van der Waals surface area contributed by atoms with E-state index in [2.05, 4.69) is 10.3 Å². The van der Waals surface area contributed by atoms with Crippen LogP contribution in [0, 0.1) is 6.92 Å². The minimum absolute atomic E-state index is 0.128. The molecule has 8 heteroatoms. The SMILES string of the molecule is COc1ccc(CCN(Cc2cc3cccc(C)c3[nH]c2=O)C(=O)Nc2ccccc2Cl)cc1OC. The number of fused-ring (bicyclic) bond motifs is 1. The van der Waals surface area contributed by atoms with Crippen LogP contribution in [0.2, 0.25) is 5.02 Å². The van der Waals surface area contributed by atoms with Crippen molar-refractivity contribution in [3.8, 4) is 11.5 Å². The van der Waals surface area contributed by atoms with Crippen LogP contribution in [0.4, 0.5) is 10.5 Å². The molecule has 186 valence electrons. The lowest BCUT2D eigenvalue weighted by Gasteiger charge is -2.24. The molecule has 3 aromatic carbocycles. The molecule has 0 bridgehead atoms. The number of rotatable bonds is 8. The number of benzene rings is 3. The molecular weight excluding hydrogens is 478 g/mol. The van der Waals surface area contributed by atoms with Crippen LogP contribution in [0.15, 0.2) is 71.5 Å². The van der Waals surface area contributed by atoms with Crippen LogP contribution >= 0.6 is 11.6 Å². The van der Waals surface area contributed by atoms with E-state index in [1.165, 1.54) is 0 Å². The van der Waals surface area contributed by atoms with Crippen LogP contribution in [-0.4, -0.2) is 36.7 Å². The Labute approximate surface area is 214 Å². The van der Waals surface area contributed by atoms with Crippen molar-refractivity contribution in [1.82, 2.24) is 9.88 Å². The van der Waals surface area contributed by atoms with Gasteiger partial charge in [-0.2, -0.15) is 0 Å². The zero-order valence-corrected chi connectivity index (χ0v) is 21.2. The number of hydrogen-bond acceptors (Lipinski definition) is 4. The van der Waals surface area contributed by atoms with Crippen molar-refractivity contribution in [3.63, 3.8) is 0 Å². The second kappa shape index (κ2) is 11.2. The first-order valence-corrected chi connectivity index (χ1v) is 11.9. The summed E-state index contributed by atoms with van der Waals surface area (Å²) in [7, 11) is 3.17. The molecule has 0 radical (unpaired) electrons. The van der Waals surface area contributed by atoms with Gasteiger partial charge in [0.25, 0.3) is 5.56 Å². The number of methoxy groups -OCH3 is 2. The van der Waals surface area contributed by atoms with Gasteiger partial charge in [0.2, 0.25) is 0 Å². The van der Waals surface area contributed by atoms with E-state index in [0.717, 1.165) is 22.0 Å². The van der Waals surface area contributed by atoms with Crippen molar-refractivity contribution in [2.75, 3.05) is 26.1 Å². The number of H-pyrrole nitrogens is 1. The van der Waals surface area contributed by atoms with Gasteiger partial charge in [0.1, 0.15) is 0 Å². The van der Waals surface area contributed by atoms with Crippen molar-refractivity contribution < 1.29 is 14.3 Å². The van der Waals surface area contributed by atoms with Crippen molar-refractivity contribution >= 4 is 34.2 Å². The van der Waals surface area contributed by atoms with Gasteiger partial charge < -0.3 is 24.7 Å². The molecule has 7 nitrogen and oxygen atoms in total. The minimum Gasteiger partial charge on any atom is -0.493 e. The average Bonchev–Trinajstić information content (AvgIpc) is 2.88. The lowest BCUT2D eigenvalue weighted by molar-refractivity contribution is 0.209. The van der Waals surface area contributed by atoms with Crippen LogP contribution in [0.3, 0.4) is 0 Å². The van der Waals surface area contributed by atoms with Gasteiger partial charge in [-0.15, -0.1) is 0 Å². The predicted octanol–water partition coefficient (Wildman–Crippen LogP) is 5.78. The fourth-order valence-corrected chi connectivity index (χ4v) is 4.24. The lowest BCUT2D eigenvalue weighted by Crippen LogP contribution is -2.37. The van der Waals surface area contributed by atoms with Gasteiger partial charge in [0, 0.05) is 12.1 Å². The third kappa shape index (κ3) is 5.63. The number of ether oxygens (including phenoxy) is 2. The van der Waals surface area contributed by atoms with Crippen molar-refractivity contribution in [2.24, 2.45) is 0 Å². The maximum atomic E-state index is 13.3. The highest BCUT2D eigenvalue weighted by atomic mass is 35.5. The highest BCUT2D eigenvalue weighted by Gasteiger charge is 2.18. The summed E-state index contributed by atoms with van der Waals surface area (Å²) in [5.41, 5.74) is 3.52. The summed E-state index contributed by atoms with van der Waals surface area (Å²) in [5.74, 6) is 1.25. The number of urea groups is 1. The van der Waals surface area contributed by atoms with Crippen molar-refractivity contribution in [1.29, 1.82) is 0 Å². The minimum atomic E-state index is -0.354. The second-order valence-corrected chi connectivity index (χ2v) is 8.84. The number of halogens is 1. The molecule has 2 N–H and O–H groups in total. The number of nitrogens with zero attached hydrogens (tertiary/aromatic N) is 1. The summed E-state index contributed by atoms with van der Waals surface area (Å²) >= 11 is 6.26. The Bertz CT molecular complexity index is 1450. The summed E-state index contributed by atoms with van der Waals surface area (Å²) in [6, 6.07) is 20.0. The number of aromatic amines is 1. The number of para-hydroxylation sites is 2. The number of carbonyl (C=O) groups is 1. The molecule has 0 aliphatic rings. The lowest BCUT2D eigenvalue weighted by atomic mass is 10.1.